The average molecular weight is 338 g/mol. The molecule has 0 bridgehead atoms. The van der Waals surface area contributed by atoms with E-state index in [0.29, 0.717) is 11.8 Å². The predicted octanol–water partition coefficient (Wildman–Crippen LogP) is 3.61. The van der Waals surface area contributed by atoms with E-state index in [1.807, 2.05) is 13.8 Å². The van der Waals surface area contributed by atoms with E-state index in [0.717, 1.165) is 25.7 Å². The molecule has 0 amide bonds. The van der Waals surface area contributed by atoms with E-state index >= 15 is 0 Å². The minimum atomic E-state index is -0.862. The lowest BCUT2D eigenvalue weighted by atomic mass is 9.69. The van der Waals surface area contributed by atoms with Crippen molar-refractivity contribution in [3.8, 4) is 0 Å². The van der Waals surface area contributed by atoms with Crippen LogP contribution in [0.4, 0.5) is 0 Å². The predicted molar refractivity (Wildman–Crippen MR) is 106 cm³/mol. The largest absolute Gasteiger partial charge is 0.482 e. The molecular formula is C20H41BNO2+. The maximum atomic E-state index is 11.1. The monoisotopic (exact) mass is 338 g/mol. The minimum absolute atomic E-state index is 0.0985. The molecule has 140 valence electrons. The first-order valence-electron chi connectivity index (χ1n) is 9.55. The number of nitrogens with one attached hydrogen (secondary N) is 1. The first-order valence-corrected chi connectivity index (χ1v) is 9.55. The number of hydrogen-bond acceptors (Lipinski definition) is 1. The van der Waals surface area contributed by atoms with Crippen molar-refractivity contribution in [2.45, 2.75) is 72.5 Å². The van der Waals surface area contributed by atoms with Crippen molar-refractivity contribution in [1.82, 2.24) is 0 Å². The lowest BCUT2D eigenvalue weighted by Gasteiger charge is -2.29. The Hall–Kier alpha value is -0.765. The van der Waals surface area contributed by atoms with Gasteiger partial charge in [-0.25, -0.2) is 0 Å². The van der Waals surface area contributed by atoms with Gasteiger partial charge in [-0.1, -0.05) is 39.3 Å². The molecule has 0 spiro atoms. The summed E-state index contributed by atoms with van der Waals surface area (Å²) in [5.74, 6) is -0.297. The van der Waals surface area contributed by atoms with Crippen LogP contribution in [0.2, 0.25) is 5.82 Å². The van der Waals surface area contributed by atoms with Crippen LogP contribution in [0, 0.1) is 17.8 Å². The molecule has 0 aliphatic heterocycles. The Morgan fingerprint density at radius 3 is 2.17 bits per heavy atom. The first kappa shape index (κ1) is 25.5. The lowest BCUT2D eigenvalue weighted by Crippen LogP contribution is -3.02. The van der Waals surface area contributed by atoms with E-state index in [-0.39, 0.29) is 5.92 Å². The van der Waals surface area contributed by atoms with Gasteiger partial charge in [-0.15, -0.1) is 0 Å². The zero-order chi connectivity index (χ0) is 19.3. The van der Waals surface area contributed by atoms with Gasteiger partial charge in [0.2, 0.25) is 0 Å². The second-order valence-electron chi connectivity index (χ2n) is 7.48. The zero-order valence-electron chi connectivity index (χ0n) is 17.4. The number of carboxylic acids is 1. The van der Waals surface area contributed by atoms with Crippen LogP contribution in [0.5, 0.6) is 0 Å². The Morgan fingerprint density at radius 1 is 1.21 bits per heavy atom. The number of hydrogen-bond donors (Lipinski definition) is 2. The molecule has 1 rings (SSSR count). The molecule has 0 saturated heterocycles. The fourth-order valence-corrected chi connectivity index (χ4v) is 2.75. The fourth-order valence-electron chi connectivity index (χ4n) is 2.75. The van der Waals surface area contributed by atoms with Crippen molar-refractivity contribution in [3.63, 3.8) is 0 Å². The van der Waals surface area contributed by atoms with Gasteiger partial charge in [-0.3, -0.25) is 4.79 Å². The molecule has 1 aliphatic carbocycles. The molecule has 1 aliphatic rings. The van der Waals surface area contributed by atoms with Gasteiger partial charge >= 0.3 is 0 Å². The summed E-state index contributed by atoms with van der Waals surface area (Å²) in [4.78, 5) is 12.5. The quantitative estimate of drug-likeness (QED) is 0.596. The van der Waals surface area contributed by atoms with Crippen LogP contribution in [0.1, 0.15) is 66.7 Å². The van der Waals surface area contributed by atoms with E-state index in [1.165, 1.54) is 16.9 Å². The summed E-state index contributed by atoms with van der Waals surface area (Å²) >= 11 is 0. The van der Waals surface area contributed by atoms with Gasteiger partial charge in [0.05, 0.1) is 29.0 Å². The minimum Gasteiger partial charge on any atom is -0.482 e. The Bertz CT molecular complexity index is 353. The standard InChI is InChI=1S/C15H25BO2.C3H9N.C2H6/c1-10-5-4-6-11(2)12(3)9-13(8-7-10)14(16)15(17)18;1-4(2)3;1-2/h5,11-14H,4,6-9H2,1-3H3,(H,17,18);1-3H3;1-2H3/p+1/b10-5+;;. The second kappa shape index (κ2) is 14.6. The maximum absolute atomic E-state index is 11.1. The molecule has 0 aromatic rings. The van der Waals surface area contributed by atoms with Crippen molar-refractivity contribution >= 4 is 13.8 Å². The van der Waals surface area contributed by atoms with Gasteiger partial charge in [-0.05, 0) is 56.8 Å². The fraction of sp³-hybridized carbons (Fsp3) is 0.850. The first-order chi connectivity index (χ1) is 11.1. The molecule has 4 unspecified atom stereocenters. The van der Waals surface area contributed by atoms with Crippen molar-refractivity contribution in [2.24, 2.45) is 17.8 Å². The van der Waals surface area contributed by atoms with Gasteiger partial charge in [0.25, 0.3) is 5.97 Å². The van der Waals surface area contributed by atoms with E-state index in [9.17, 15) is 4.79 Å². The van der Waals surface area contributed by atoms with Gasteiger partial charge in [0.1, 0.15) is 0 Å². The summed E-state index contributed by atoms with van der Waals surface area (Å²) in [5, 5.41) is 9.10. The third-order valence-corrected chi connectivity index (χ3v) is 4.46. The second-order valence-corrected chi connectivity index (χ2v) is 7.48. The van der Waals surface area contributed by atoms with Crippen LogP contribution in [-0.2, 0) is 4.79 Å². The molecule has 4 heteroatoms. The number of carboxylic acid groups (broad SMARTS) is 1. The van der Waals surface area contributed by atoms with E-state index in [4.69, 9.17) is 13.0 Å². The summed E-state index contributed by atoms with van der Waals surface area (Å²) in [5.41, 5.74) is 1.37. The molecule has 0 aromatic heterocycles. The Kier molecular flexibility index (Phi) is 15.5. The van der Waals surface area contributed by atoms with Crippen molar-refractivity contribution in [1.29, 1.82) is 0 Å². The highest BCUT2D eigenvalue weighted by Crippen LogP contribution is 2.34. The average Bonchev–Trinajstić information content (AvgIpc) is 2.51. The summed E-state index contributed by atoms with van der Waals surface area (Å²) in [6, 6.07) is 0. The number of quaternary nitrogens is 1. The molecule has 2 N–H and O–H groups in total. The van der Waals surface area contributed by atoms with Crippen LogP contribution in [-0.4, -0.2) is 40.1 Å². The number of rotatable bonds is 2. The molecule has 3 nitrogen and oxygen atoms in total. The maximum Gasteiger partial charge on any atom is 0.297 e. The number of aliphatic carboxylic acids is 1. The lowest BCUT2D eigenvalue weighted by molar-refractivity contribution is -0.836. The zero-order valence-corrected chi connectivity index (χ0v) is 17.4. The molecule has 2 radical (unpaired) electrons. The van der Waals surface area contributed by atoms with Crippen LogP contribution >= 0.6 is 0 Å². The van der Waals surface area contributed by atoms with Crippen LogP contribution < -0.4 is 4.90 Å². The van der Waals surface area contributed by atoms with E-state index in [2.05, 4.69) is 48.0 Å². The molecule has 0 aromatic carbocycles. The van der Waals surface area contributed by atoms with Crippen molar-refractivity contribution < 1.29 is 14.8 Å². The van der Waals surface area contributed by atoms with Gasteiger partial charge in [0.15, 0.2) is 0 Å². The highest BCUT2D eigenvalue weighted by Gasteiger charge is 2.26. The Morgan fingerprint density at radius 2 is 1.71 bits per heavy atom. The van der Waals surface area contributed by atoms with E-state index in [1.54, 1.807) is 0 Å². The molecule has 24 heavy (non-hydrogen) atoms. The molecule has 0 heterocycles. The third kappa shape index (κ3) is 12.6. The summed E-state index contributed by atoms with van der Waals surface area (Å²) in [7, 11) is 12.1. The topological polar surface area (TPSA) is 41.7 Å². The summed E-state index contributed by atoms with van der Waals surface area (Å²) < 4.78 is 0. The Labute approximate surface area is 152 Å². The summed E-state index contributed by atoms with van der Waals surface area (Å²) in [6.45, 7) is 10.6. The number of allylic oxidation sites excluding steroid dienone is 2. The van der Waals surface area contributed by atoms with Gasteiger partial charge < -0.3 is 10.0 Å². The van der Waals surface area contributed by atoms with E-state index < -0.39 is 11.8 Å². The number of carbonyl (C=O) groups is 1. The smallest absolute Gasteiger partial charge is 0.297 e. The highest BCUT2D eigenvalue weighted by atomic mass is 16.4. The van der Waals surface area contributed by atoms with Gasteiger partial charge in [0, 0.05) is 5.82 Å². The SMILES string of the molecule is CC.C[NH+](C)C.[B]C(C(=O)O)C1CC/C(C)=C/CCC(C)C(C)C1. The van der Waals surface area contributed by atoms with Crippen molar-refractivity contribution in [3.05, 3.63) is 11.6 Å². The summed E-state index contributed by atoms with van der Waals surface area (Å²) in [6.07, 6.45) is 7.44. The molecule has 0 fully saturated rings. The van der Waals surface area contributed by atoms with Crippen LogP contribution in [0.15, 0.2) is 11.6 Å². The van der Waals surface area contributed by atoms with Crippen LogP contribution in [0.25, 0.3) is 0 Å². The molecular weight excluding hydrogens is 297 g/mol. The van der Waals surface area contributed by atoms with Crippen molar-refractivity contribution in [2.75, 3.05) is 21.1 Å². The molecule has 0 saturated carbocycles. The Balaban J connectivity index is 0. The van der Waals surface area contributed by atoms with Gasteiger partial charge in [-0.2, -0.15) is 0 Å². The third-order valence-electron chi connectivity index (χ3n) is 4.46. The van der Waals surface area contributed by atoms with Crippen LogP contribution in [0.3, 0.4) is 0 Å². The highest BCUT2D eigenvalue weighted by molar-refractivity contribution is 6.22. The normalized spacial score (nSPS) is 28.2. The molecule has 4 atom stereocenters.